The van der Waals surface area contributed by atoms with Crippen LogP contribution >= 0.6 is 0 Å². The van der Waals surface area contributed by atoms with E-state index >= 15 is 0 Å². The summed E-state index contributed by atoms with van der Waals surface area (Å²) in [6, 6.07) is 8.28. The van der Waals surface area contributed by atoms with Crippen LogP contribution in [0, 0.1) is 25.5 Å². The van der Waals surface area contributed by atoms with Crippen molar-refractivity contribution in [3.63, 3.8) is 0 Å². The number of hydrogen-bond donors (Lipinski definition) is 1. The average Bonchev–Trinajstić information content (AvgIpc) is 2.33. The van der Waals surface area contributed by atoms with Crippen molar-refractivity contribution in [3.8, 4) is 0 Å². The molecule has 0 fully saturated rings. The zero-order chi connectivity index (χ0) is 14.0. The first kappa shape index (κ1) is 13.2. The number of halogens is 2. The number of anilines is 1. The second-order valence-corrected chi connectivity index (χ2v) is 4.38. The second-order valence-electron chi connectivity index (χ2n) is 4.38. The van der Waals surface area contributed by atoms with Crippen LogP contribution < -0.4 is 5.32 Å². The van der Waals surface area contributed by atoms with Gasteiger partial charge in [-0.15, -0.1) is 0 Å². The smallest absolute Gasteiger partial charge is 0.255 e. The molecule has 19 heavy (non-hydrogen) atoms. The van der Waals surface area contributed by atoms with E-state index in [9.17, 15) is 13.6 Å². The quantitative estimate of drug-likeness (QED) is 0.874. The Morgan fingerprint density at radius 1 is 1.00 bits per heavy atom. The summed E-state index contributed by atoms with van der Waals surface area (Å²) >= 11 is 0. The minimum Gasteiger partial charge on any atom is -0.322 e. The lowest BCUT2D eigenvalue weighted by atomic mass is 10.1. The summed E-state index contributed by atoms with van der Waals surface area (Å²) in [4.78, 5) is 12.0. The molecule has 0 aromatic heterocycles. The summed E-state index contributed by atoms with van der Waals surface area (Å²) in [5, 5.41) is 2.66. The van der Waals surface area contributed by atoms with Gasteiger partial charge in [-0.05, 0) is 61.4 Å². The van der Waals surface area contributed by atoms with Gasteiger partial charge < -0.3 is 5.32 Å². The van der Waals surface area contributed by atoms with Crippen LogP contribution in [-0.2, 0) is 0 Å². The van der Waals surface area contributed by atoms with Crippen LogP contribution in [0.5, 0.6) is 0 Å². The number of carbonyl (C=O) groups excluding carboxylic acids is 1. The van der Waals surface area contributed by atoms with Gasteiger partial charge in [0.15, 0.2) is 0 Å². The van der Waals surface area contributed by atoms with Gasteiger partial charge in [-0.25, -0.2) is 8.78 Å². The van der Waals surface area contributed by atoms with Gasteiger partial charge in [0.05, 0.1) is 0 Å². The predicted molar refractivity (Wildman–Crippen MR) is 70.2 cm³/mol. The minimum atomic E-state index is -0.383. The number of nitrogens with one attached hydrogen (secondary N) is 1. The standard InChI is InChI=1S/C15H13F2NO/c1-9-7-11(16)3-5-13(9)15(19)18-12-4-6-14(17)10(2)8-12/h3-8H,1-2H3,(H,18,19). The van der Waals surface area contributed by atoms with Crippen molar-refractivity contribution in [1.82, 2.24) is 0 Å². The molecule has 98 valence electrons. The lowest BCUT2D eigenvalue weighted by Crippen LogP contribution is -2.13. The van der Waals surface area contributed by atoms with Crippen LogP contribution in [-0.4, -0.2) is 5.91 Å². The maximum Gasteiger partial charge on any atom is 0.255 e. The van der Waals surface area contributed by atoms with E-state index in [1.165, 1.54) is 30.3 Å². The largest absolute Gasteiger partial charge is 0.322 e. The molecule has 2 nitrogen and oxygen atoms in total. The fourth-order valence-corrected chi connectivity index (χ4v) is 1.80. The highest BCUT2D eigenvalue weighted by atomic mass is 19.1. The lowest BCUT2D eigenvalue weighted by Gasteiger charge is -2.08. The third kappa shape index (κ3) is 2.96. The van der Waals surface area contributed by atoms with Gasteiger partial charge >= 0.3 is 0 Å². The molecular formula is C15H13F2NO. The molecule has 0 saturated carbocycles. The Hall–Kier alpha value is -2.23. The number of aryl methyl sites for hydroxylation is 2. The predicted octanol–water partition coefficient (Wildman–Crippen LogP) is 3.83. The molecule has 0 saturated heterocycles. The Kier molecular flexibility index (Phi) is 3.60. The number of amides is 1. The number of hydrogen-bond acceptors (Lipinski definition) is 1. The Morgan fingerprint density at radius 2 is 1.74 bits per heavy atom. The van der Waals surface area contributed by atoms with Crippen molar-refractivity contribution in [3.05, 3.63) is 64.7 Å². The summed E-state index contributed by atoms with van der Waals surface area (Å²) < 4.78 is 26.1. The fourth-order valence-electron chi connectivity index (χ4n) is 1.80. The van der Waals surface area contributed by atoms with Crippen molar-refractivity contribution < 1.29 is 13.6 Å². The van der Waals surface area contributed by atoms with E-state index < -0.39 is 0 Å². The van der Waals surface area contributed by atoms with Gasteiger partial charge in [0.1, 0.15) is 11.6 Å². The van der Waals surface area contributed by atoms with Crippen molar-refractivity contribution >= 4 is 11.6 Å². The Morgan fingerprint density at radius 3 is 2.37 bits per heavy atom. The highest BCUT2D eigenvalue weighted by molar-refractivity contribution is 6.05. The zero-order valence-corrected chi connectivity index (χ0v) is 10.6. The van der Waals surface area contributed by atoms with E-state index in [0.717, 1.165) is 0 Å². The van der Waals surface area contributed by atoms with Gasteiger partial charge in [-0.1, -0.05) is 0 Å². The highest BCUT2D eigenvalue weighted by Crippen LogP contribution is 2.16. The molecule has 4 heteroatoms. The molecule has 0 aliphatic carbocycles. The first-order valence-electron chi connectivity index (χ1n) is 5.81. The fraction of sp³-hybridized carbons (Fsp3) is 0.133. The number of benzene rings is 2. The first-order chi connectivity index (χ1) is 8.97. The molecule has 1 N–H and O–H groups in total. The monoisotopic (exact) mass is 261 g/mol. The van der Waals surface area contributed by atoms with E-state index in [0.29, 0.717) is 22.4 Å². The van der Waals surface area contributed by atoms with E-state index in [4.69, 9.17) is 0 Å². The Labute approximate surface area is 110 Å². The van der Waals surface area contributed by atoms with Crippen LogP contribution in [0.4, 0.5) is 14.5 Å². The normalized spacial score (nSPS) is 10.3. The highest BCUT2D eigenvalue weighted by Gasteiger charge is 2.10. The van der Waals surface area contributed by atoms with Crippen molar-refractivity contribution in [2.45, 2.75) is 13.8 Å². The molecule has 2 aromatic carbocycles. The topological polar surface area (TPSA) is 29.1 Å². The number of rotatable bonds is 2. The lowest BCUT2D eigenvalue weighted by molar-refractivity contribution is 0.102. The Bertz CT molecular complexity index is 638. The van der Waals surface area contributed by atoms with Crippen LogP contribution in [0.3, 0.4) is 0 Å². The SMILES string of the molecule is Cc1cc(NC(=O)c2ccc(F)cc2C)ccc1F. The van der Waals surface area contributed by atoms with E-state index in [1.54, 1.807) is 19.9 Å². The van der Waals surface area contributed by atoms with Crippen molar-refractivity contribution in [2.24, 2.45) is 0 Å². The Balaban J connectivity index is 2.23. The molecule has 0 atom stereocenters. The molecule has 0 unspecified atom stereocenters. The third-order valence-electron chi connectivity index (χ3n) is 2.85. The van der Waals surface area contributed by atoms with Crippen LogP contribution in [0.15, 0.2) is 36.4 Å². The van der Waals surface area contributed by atoms with Gasteiger partial charge in [-0.3, -0.25) is 4.79 Å². The molecular weight excluding hydrogens is 248 g/mol. The van der Waals surface area contributed by atoms with Gasteiger partial charge in [0.25, 0.3) is 5.91 Å². The summed E-state index contributed by atoms with van der Waals surface area (Å²) in [5.41, 5.74) is 1.90. The van der Waals surface area contributed by atoms with Crippen LogP contribution in [0.1, 0.15) is 21.5 Å². The minimum absolute atomic E-state index is 0.323. The second kappa shape index (κ2) is 5.18. The molecule has 0 spiro atoms. The van der Waals surface area contributed by atoms with Gasteiger partial charge in [0.2, 0.25) is 0 Å². The molecule has 0 aliphatic heterocycles. The van der Waals surface area contributed by atoms with Crippen molar-refractivity contribution in [1.29, 1.82) is 0 Å². The molecule has 1 amide bonds. The van der Waals surface area contributed by atoms with Crippen LogP contribution in [0.25, 0.3) is 0 Å². The molecule has 2 aromatic rings. The first-order valence-corrected chi connectivity index (χ1v) is 5.81. The maximum absolute atomic E-state index is 13.1. The summed E-state index contributed by atoms with van der Waals surface area (Å²) in [6.07, 6.45) is 0. The zero-order valence-electron chi connectivity index (χ0n) is 10.6. The summed E-state index contributed by atoms with van der Waals surface area (Å²) in [5.74, 6) is -1.05. The van der Waals surface area contributed by atoms with E-state index in [-0.39, 0.29) is 17.5 Å². The molecule has 0 radical (unpaired) electrons. The van der Waals surface area contributed by atoms with Gasteiger partial charge in [-0.2, -0.15) is 0 Å². The van der Waals surface area contributed by atoms with E-state index in [1.807, 2.05) is 0 Å². The summed E-state index contributed by atoms with van der Waals surface area (Å²) in [7, 11) is 0. The average molecular weight is 261 g/mol. The molecule has 0 aliphatic rings. The maximum atomic E-state index is 13.1. The van der Waals surface area contributed by atoms with Gasteiger partial charge in [0, 0.05) is 11.3 Å². The third-order valence-corrected chi connectivity index (χ3v) is 2.85. The molecule has 2 rings (SSSR count). The number of carbonyl (C=O) groups is 1. The molecule has 0 heterocycles. The van der Waals surface area contributed by atoms with Crippen molar-refractivity contribution in [2.75, 3.05) is 5.32 Å². The molecule has 0 bridgehead atoms. The van der Waals surface area contributed by atoms with E-state index in [2.05, 4.69) is 5.32 Å². The summed E-state index contributed by atoms with van der Waals surface area (Å²) in [6.45, 7) is 3.28. The van der Waals surface area contributed by atoms with Crippen LogP contribution in [0.2, 0.25) is 0 Å².